The number of nitrogens with two attached hydrogens (primary N) is 1. The average molecular weight is 334 g/mol. The minimum Gasteiger partial charge on any atom is -0.488 e. The Bertz CT molecular complexity index is 575. The zero-order valence-corrected chi connectivity index (χ0v) is 15.2. The van der Waals surface area contributed by atoms with Crippen molar-refractivity contribution >= 4 is 12.4 Å². The van der Waals surface area contributed by atoms with E-state index in [0.29, 0.717) is 6.61 Å². The molecule has 0 heterocycles. The molecule has 0 saturated heterocycles. The summed E-state index contributed by atoms with van der Waals surface area (Å²) < 4.78 is 6.03. The predicted octanol–water partition coefficient (Wildman–Crippen LogP) is 5.49. The summed E-state index contributed by atoms with van der Waals surface area (Å²) in [6.07, 6.45) is 3.40. The van der Waals surface area contributed by atoms with Crippen molar-refractivity contribution in [3.8, 4) is 5.75 Å². The average Bonchev–Trinajstić information content (AvgIpc) is 2.52. The van der Waals surface area contributed by atoms with E-state index in [1.54, 1.807) is 0 Å². The quantitative estimate of drug-likeness (QED) is 0.726. The van der Waals surface area contributed by atoms with Crippen LogP contribution in [0, 0.1) is 13.8 Å². The van der Waals surface area contributed by atoms with Crippen molar-refractivity contribution in [1.82, 2.24) is 0 Å². The van der Waals surface area contributed by atoms with Crippen LogP contribution in [0.25, 0.3) is 0 Å². The fourth-order valence-corrected chi connectivity index (χ4v) is 2.75. The van der Waals surface area contributed by atoms with E-state index in [9.17, 15) is 0 Å². The van der Waals surface area contributed by atoms with Crippen LogP contribution in [0.3, 0.4) is 0 Å². The Labute approximate surface area is 146 Å². The second-order valence-electron chi connectivity index (χ2n) is 6.01. The minimum absolute atomic E-state index is 0. The highest BCUT2D eigenvalue weighted by Gasteiger charge is 2.11. The fourth-order valence-electron chi connectivity index (χ4n) is 2.75. The number of aryl methyl sites for hydroxylation is 2. The van der Waals surface area contributed by atoms with Gasteiger partial charge in [-0.25, -0.2) is 0 Å². The minimum atomic E-state index is 0. The SMILES string of the molecule is CCCC[C@@H](N)c1cc(C)c(OCc2ccccc2)c(C)c1.Cl. The fraction of sp³-hybridized carbons (Fsp3) is 0.400. The first-order valence-corrected chi connectivity index (χ1v) is 8.15. The molecule has 1 atom stereocenters. The molecule has 0 aliphatic rings. The van der Waals surface area contributed by atoms with Gasteiger partial charge in [-0.1, -0.05) is 62.2 Å². The summed E-state index contributed by atoms with van der Waals surface area (Å²) >= 11 is 0. The molecule has 0 bridgehead atoms. The summed E-state index contributed by atoms with van der Waals surface area (Å²) in [5, 5.41) is 0. The summed E-state index contributed by atoms with van der Waals surface area (Å²) in [6.45, 7) is 7.00. The zero-order valence-electron chi connectivity index (χ0n) is 14.3. The molecule has 0 aliphatic carbocycles. The molecule has 0 unspecified atom stereocenters. The lowest BCUT2D eigenvalue weighted by Crippen LogP contribution is -2.11. The van der Waals surface area contributed by atoms with Gasteiger partial charge >= 0.3 is 0 Å². The van der Waals surface area contributed by atoms with Gasteiger partial charge in [-0.2, -0.15) is 0 Å². The highest BCUT2D eigenvalue weighted by molar-refractivity contribution is 5.85. The molecule has 2 aromatic carbocycles. The van der Waals surface area contributed by atoms with Crippen molar-refractivity contribution in [2.45, 2.75) is 52.7 Å². The maximum atomic E-state index is 6.29. The molecule has 2 aromatic rings. The van der Waals surface area contributed by atoms with Crippen LogP contribution in [0.1, 0.15) is 54.5 Å². The third kappa shape index (κ3) is 5.56. The second kappa shape index (κ2) is 9.59. The highest BCUT2D eigenvalue weighted by atomic mass is 35.5. The highest BCUT2D eigenvalue weighted by Crippen LogP contribution is 2.29. The summed E-state index contributed by atoms with van der Waals surface area (Å²) in [5.74, 6) is 0.982. The van der Waals surface area contributed by atoms with Gasteiger partial charge in [0.25, 0.3) is 0 Å². The molecule has 23 heavy (non-hydrogen) atoms. The topological polar surface area (TPSA) is 35.2 Å². The second-order valence-corrected chi connectivity index (χ2v) is 6.01. The smallest absolute Gasteiger partial charge is 0.125 e. The van der Waals surface area contributed by atoms with Crippen LogP contribution in [-0.2, 0) is 6.61 Å². The molecular formula is C20H28ClNO. The van der Waals surface area contributed by atoms with E-state index in [-0.39, 0.29) is 18.4 Å². The lowest BCUT2D eigenvalue weighted by Gasteiger charge is -2.17. The van der Waals surface area contributed by atoms with E-state index in [1.807, 2.05) is 18.2 Å². The lowest BCUT2D eigenvalue weighted by molar-refractivity contribution is 0.302. The van der Waals surface area contributed by atoms with E-state index in [1.165, 1.54) is 24.0 Å². The Morgan fingerprint density at radius 3 is 2.22 bits per heavy atom. The first-order chi connectivity index (χ1) is 10.6. The monoisotopic (exact) mass is 333 g/mol. The number of unbranched alkanes of at least 4 members (excludes halogenated alkanes) is 1. The Morgan fingerprint density at radius 1 is 1.04 bits per heavy atom. The van der Waals surface area contributed by atoms with E-state index >= 15 is 0 Å². The molecular weight excluding hydrogens is 306 g/mol. The molecule has 2 rings (SSSR count). The largest absolute Gasteiger partial charge is 0.488 e. The molecule has 0 saturated carbocycles. The third-order valence-corrected chi connectivity index (χ3v) is 4.01. The van der Waals surface area contributed by atoms with Gasteiger partial charge in [-0.3, -0.25) is 0 Å². The van der Waals surface area contributed by atoms with E-state index in [4.69, 9.17) is 10.5 Å². The molecule has 0 aromatic heterocycles. The van der Waals surface area contributed by atoms with Crippen molar-refractivity contribution in [1.29, 1.82) is 0 Å². The van der Waals surface area contributed by atoms with Crippen molar-refractivity contribution in [2.24, 2.45) is 5.73 Å². The van der Waals surface area contributed by atoms with Crippen LogP contribution >= 0.6 is 12.4 Å². The van der Waals surface area contributed by atoms with Gasteiger partial charge in [0.1, 0.15) is 12.4 Å². The van der Waals surface area contributed by atoms with E-state index in [0.717, 1.165) is 23.3 Å². The molecule has 2 N–H and O–H groups in total. The van der Waals surface area contributed by atoms with Crippen LogP contribution in [0.2, 0.25) is 0 Å². The van der Waals surface area contributed by atoms with Crippen molar-refractivity contribution in [3.63, 3.8) is 0 Å². The number of rotatable bonds is 7. The molecule has 0 fully saturated rings. The van der Waals surface area contributed by atoms with Gasteiger partial charge in [0.15, 0.2) is 0 Å². The Morgan fingerprint density at radius 2 is 1.65 bits per heavy atom. The van der Waals surface area contributed by atoms with Crippen LogP contribution in [0.15, 0.2) is 42.5 Å². The lowest BCUT2D eigenvalue weighted by atomic mass is 9.97. The Kier molecular flexibility index (Phi) is 8.15. The number of benzene rings is 2. The van der Waals surface area contributed by atoms with Crippen LogP contribution in [-0.4, -0.2) is 0 Å². The van der Waals surface area contributed by atoms with Crippen LogP contribution in [0.5, 0.6) is 5.75 Å². The summed E-state index contributed by atoms with van der Waals surface area (Å²) in [6, 6.07) is 14.7. The summed E-state index contributed by atoms with van der Waals surface area (Å²) in [5.41, 5.74) is 11.0. The van der Waals surface area contributed by atoms with Gasteiger partial charge < -0.3 is 10.5 Å². The predicted molar refractivity (Wildman–Crippen MR) is 100 cm³/mol. The van der Waals surface area contributed by atoms with Gasteiger partial charge in [0.2, 0.25) is 0 Å². The van der Waals surface area contributed by atoms with Gasteiger partial charge in [-0.05, 0) is 42.5 Å². The Balaban J connectivity index is 0.00000264. The number of hydrogen-bond acceptors (Lipinski definition) is 2. The normalized spacial score (nSPS) is 11.7. The van der Waals surface area contributed by atoms with Gasteiger partial charge in [0, 0.05) is 6.04 Å². The van der Waals surface area contributed by atoms with Crippen molar-refractivity contribution in [2.75, 3.05) is 0 Å². The van der Waals surface area contributed by atoms with E-state index in [2.05, 4.69) is 45.0 Å². The van der Waals surface area contributed by atoms with E-state index < -0.39 is 0 Å². The van der Waals surface area contributed by atoms with Crippen LogP contribution in [0.4, 0.5) is 0 Å². The Hall–Kier alpha value is -1.51. The molecule has 0 spiro atoms. The number of halogens is 1. The van der Waals surface area contributed by atoms with Crippen molar-refractivity contribution < 1.29 is 4.74 Å². The molecule has 3 heteroatoms. The number of ether oxygens (including phenoxy) is 1. The van der Waals surface area contributed by atoms with Gasteiger partial charge in [0.05, 0.1) is 0 Å². The van der Waals surface area contributed by atoms with Crippen LogP contribution < -0.4 is 10.5 Å². The summed E-state index contributed by atoms with van der Waals surface area (Å²) in [4.78, 5) is 0. The number of hydrogen-bond donors (Lipinski definition) is 1. The maximum Gasteiger partial charge on any atom is 0.125 e. The standard InChI is InChI=1S/C20H27NO.ClH/c1-4-5-11-19(21)18-12-15(2)20(16(3)13-18)22-14-17-9-7-6-8-10-17;/h6-10,12-13,19H,4-5,11,14,21H2,1-3H3;1H/t19-;/m1./s1. The molecule has 0 amide bonds. The zero-order chi connectivity index (χ0) is 15.9. The molecule has 0 radical (unpaired) electrons. The first-order valence-electron chi connectivity index (χ1n) is 8.15. The molecule has 0 aliphatic heterocycles. The molecule has 126 valence electrons. The molecule has 2 nitrogen and oxygen atoms in total. The van der Waals surface area contributed by atoms with Crippen molar-refractivity contribution in [3.05, 3.63) is 64.7 Å². The van der Waals surface area contributed by atoms with Gasteiger partial charge in [-0.15, -0.1) is 12.4 Å². The summed E-state index contributed by atoms with van der Waals surface area (Å²) in [7, 11) is 0. The third-order valence-electron chi connectivity index (χ3n) is 4.01. The maximum absolute atomic E-state index is 6.29. The first kappa shape index (κ1) is 19.5.